The molecule has 0 atom stereocenters. The molecule has 3 N–H and O–H groups in total. The number of rotatable bonds is 4. The van der Waals surface area contributed by atoms with Crippen molar-refractivity contribution in [2.24, 2.45) is 0 Å². The van der Waals surface area contributed by atoms with Crippen LogP contribution in [0.1, 0.15) is 26.0 Å². The second kappa shape index (κ2) is 6.54. The number of aryl methyl sites for hydroxylation is 1. The molecular formula is C15H17ClN4O. The second-order valence-corrected chi connectivity index (χ2v) is 4.95. The lowest BCUT2D eigenvalue weighted by Crippen LogP contribution is -2.14. The van der Waals surface area contributed by atoms with Crippen LogP contribution in [0.25, 0.3) is 11.1 Å². The first-order chi connectivity index (χ1) is 10.0. The molecule has 1 aromatic carbocycles. The van der Waals surface area contributed by atoms with Crippen molar-refractivity contribution in [2.45, 2.75) is 26.7 Å². The number of nitrogen functional groups attached to an aromatic ring is 1. The highest BCUT2D eigenvalue weighted by Gasteiger charge is 2.14. The van der Waals surface area contributed by atoms with Crippen LogP contribution in [0.4, 0.5) is 11.8 Å². The van der Waals surface area contributed by atoms with Gasteiger partial charge in [-0.15, -0.1) is 0 Å². The van der Waals surface area contributed by atoms with Gasteiger partial charge in [0.05, 0.1) is 5.69 Å². The summed E-state index contributed by atoms with van der Waals surface area (Å²) in [6.45, 7) is 3.74. The van der Waals surface area contributed by atoms with Gasteiger partial charge in [0.25, 0.3) is 0 Å². The van der Waals surface area contributed by atoms with Crippen molar-refractivity contribution < 1.29 is 4.79 Å². The zero-order valence-corrected chi connectivity index (χ0v) is 12.7. The van der Waals surface area contributed by atoms with Gasteiger partial charge in [-0.2, -0.15) is 4.98 Å². The van der Waals surface area contributed by atoms with Gasteiger partial charge in [-0.3, -0.25) is 10.1 Å². The van der Waals surface area contributed by atoms with Crippen molar-refractivity contribution in [1.82, 2.24) is 9.97 Å². The van der Waals surface area contributed by atoms with Crippen LogP contribution in [0.2, 0.25) is 5.02 Å². The molecule has 110 valence electrons. The summed E-state index contributed by atoms with van der Waals surface area (Å²) in [6, 6.07) is 7.34. The van der Waals surface area contributed by atoms with E-state index < -0.39 is 0 Å². The number of hydrogen-bond donors (Lipinski definition) is 2. The molecule has 0 bridgehead atoms. The Morgan fingerprint density at radius 1 is 1.24 bits per heavy atom. The van der Waals surface area contributed by atoms with E-state index >= 15 is 0 Å². The zero-order chi connectivity index (χ0) is 15.4. The van der Waals surface area contributed by atoms with Gasteiger partial charge in [0.2, 0.25) is 11.9 Å². The minimum Gasteiger partial charge on any atom is -0.383 e. The number of nitrogens with zero attached hydrogens (tertiary/aromatic N) is 2. The Morgan fingerprint density at radius 3 is 2.48 bits per heavy atom. The van der Waals surface area contributed by atoms with Gasteiger partial charge in [0.15, 0.2) is 0 Å². The number of amides is 1. The maximum Gasteiger partial charge on any atom is 0.231 e. The van der Waals surface area contributed by atoms with Crippen molar-refractivity contribution in [2.75, 3.05) is 11.1 Å². The van der Waals surface area contributed by atoms with E-state index in [2.05, 4.69) is 15.3 Å². The predicted octanol–water partition coefficient (Wildman–Crippen LogP) is 3.29. The van der Waals surface area contributed by atoms with Gasteiger partial charge >= 0.3 is 0 Å². The van der Waals surface area contributed by atoms with Gasteiger partial charge in [-0.1, -0.05) is 37.6 Å². The lowest BCUT2D eigenvalue weighted by molar-refractivity contribution is -0.115. The van der Waals surface area contributed by atoms with E-state index in [1.54, 1.807) is 19.1 Å². The molecule has 5 nitrogen and oxygen atoms in total. The summed E-state index contributed by atoms with van der Waals surface area (Å²) >= 11 is 5.90. The molecule has 1 aromatic heterocycles. The number of nitrogens with two attached hydrogens (primary N) is 1. The summed E-state index contributed by atoms with van der Waals surface area (Å²) in [5.74, 6) is 0.445. The molecule has 21 heavy (non-hydrogen) atoms. The quantitative estimate of drug-likeness (QED) is 0.908. The predicted molar refractivity (Wildman–Crippen MR) is 85.2 cm³/mol. The summed E-state index contributed by atoms with van der Waals surface area (Å²) in [5, 5.41) is 3.29. The molecule has 1 heterocycles. The summed E-state index contributed by atoms with van der Waals surface area (Å²) in [6.07, 6.45) is 1.04. The summed E-state index contributed by atoms with van der Waals surface area (Å²) in [4.78, 5) is 20.0. The molecule has 0 aliphatic heterocycles. The highest BCUT2D eigenvalue weighted by molar-refractivity contribution is 6.30. The van der Waals surface area contributed by atoms with Gasteiger partial charge in [-0.05, 0) is 24.1 Å². The summed E-state index contributed by atoms with van der Waals surface area (Å²) in [5.41, 5.74) is 8.52. The van der Waals surface area contributed by atoms with E-state index in [1.165, 1.54) is 0 Å². The van der Waals surface area contributed by atoms with Gasteiger partial charge in [0.1, 0.15) is 5.82 Å². The zero-order valence-electron chi connectivity index (χ0n) is 12.0. The molecular weight excluding hydrogens is 288 g/mol. The molecule has 0 unspecified atom stereocenters. The Hall–Kier alpha value is -2.14. The highest BCUT2D eigenvalue weighted by Crippen LogP contribution is 2.30. The lowest BCUT2D eigenvalue weighted by Gasteiger charge is -2.12. The Labute approximate surface area is 128 Å². The number of aromatic nitrogens is 2. The molecule has 2 rings (SSSR count). The van der Waals surface area contributed by atoms with Crippen molar-refractivity contribution in [3.63, 3.8) is 0 Å². The fourth-order valence-corrected chi connectivity index (χ4v) is 2.11. The van der Waals surface area contributed by atoms with Crippen LogP contribution in [-0.2, 0) is 11.2 Å². The largest absolute Gasteiger partial charge is 0.383 e. The molecule has 1 amide bonds. The van der Waals surface area contributed by atoms with Crippen LogP contribution < -0.4 is 11.1 Å². The van der Waals surface area contributed by atoms with Gasteiger partial charge in [0, 0.05) is 17.0 Å². The third kappa shape index (κ3) is 3.49. The molecule has 0 spiro atoms. The topological polar surface area (TPSA) is 80.9 Å². The molecule has 0 saturated carbocycles. The third-order valence-electron chi connectivity index (χ3n) is 3.05. The van der Waals surface area contributed by atoms with E-state index in [1.807, 2.05) is 19.1 Å². The maximum atomic E-state index is 11.4. The smallest absolute Gasteiger partial charge is 0.231 e. The molecule has 6 heteroatoms. The van der Waals surface area contributed by atoms with E-state index in [9.17, 15) is 4.79 Å². The first-order valence-electron chi connectivity index (χ1n) is 6.77. The van der Waals surface area contributed by atoms with E-state index in [4.69, 9.17) is 17.3 Å². The number of hydrogen-bond acceptors (Lipinski definition) is 4. The normalized spacial score (nSPS) is 10.4. The van der Waals surface area contributed by atoms with Crippen molar-refractivity contribution >= 4 is 29.3 Å². The number of nitrogens with one attached hydrogen (secondary N) is 1. The highest BCUT2D eigenvalue weighted by atomic mass is 35.5. The first-order valence-corrected chi connectivity index (χ1v) is 7.15. The molecule has 0 aliphatic rings. The first kappa shape index (κ1) is 15.3. The van der Waals surface area contributed by atoms with Crippen LogP contribution in [0.15, 0.2) is 24.3 Å². The van der Waals surface area contributed by atoms with Crippen molar-refractivity contribution in [3.8, 4) is 11.1 Å². The van der Waals surface area contributed by atoms with Crippen LogP contribution in [0, 0.1) is 0 Å². The van der Waals surface area contributed by atoms with Crippen molar-refractivity contribution in [1.29, 1.82) is 0 Å². The number of halogens is 1. The number of carbonyl (C=O) groups is 1. The van der Waals surface area contributed by atoms with Crippen LogP contribution in [0.3, 0.4) is 0 Å². The summed E-state index contributed by atoms with van der Waals surface area (Å²) < 4.78 is 0. The molecule has 2 aromatic rings. The van der Waals surface area contributed by atoms with Gasteiger partial charge in [-0.25, -0.2) is 4.98 Å². The minimum atomic E-state index is -0.143. The summed E-state index contributed by atoms with van der Waals surface area (Å²) in [7, 11) is 0. The molecule has 0 fully saturated rings. The maximum absolute atomic E-state index is 11.4. The van der Waals surface area contributed by atoms with Crippen LogP contribution >= 0.6 is 11.6 Å². The van der Waals surface area contributed by atoms with Gasteiger partial charge < -0.3 is 5.73 Å². The standard InChI is InChI=1S/C15H17ClN4O/c1-3-11-13(9-5-7-10(16)8-6-9)14(17)20-15(18-11)19-12(21)4-2/h5-8H,3-4H2,1-2H3,(H3,17,18,19,20,21). The molecule has 0 radical (unpaired) electrons. The number of carbonyl (C=O) groups excluding carboxylic acids is 1. The van der Waals surface area contributed by atoms with Crippen molar-refractivity contribution in [3.05, 3.63) is 35.0 Å². The fraction of sp³-hybridized carbons (Fsp3) is 0.267. The van der Waals surface area contributed by atoms with E-state index in [-0.39, 0.29) is 11.9 Å². The number of benzene rings is 1. The fourth-order valence-electron chi connectivity index (χ4n) is 1.98. The van der Waals surface area contributed by atoms with Crippen LogP contribution in [-0.4, -0.2) is 15.9 Å². The SMILES string of the molecule is CCC(=O)Nc1nc(N)c(-c2ccc(Cl)cc2)c(CC)n1. The van der Waals surface area contributed by atoms with E-state index in [0.29, 0.717) is 23.7 Å². The van der Waals surface area contributed by atoms with Crippen LogP contribution in [0.5, 0.6) is 0 Å². The monoisotopic (exact) mass is 304 g/mol. The number of anilines is 2. The van der Waals surface area contributed by atoms with E-state index in [0.717, 1.165) is 16.8 Å². The lowest BCUT2D eigenvalue weighted by atomic mass is 10.0. The Kier molecular flexibility index (Phi) is 4.75. The molecule has 0 aliphatic carbocycles. The second-order valence-electron chi connectivity index (χ2n) is 4.52. The minimum absolute atomic E-state index is 0.143. The Morgan fingerprint density at radius 2 is 1.90 bits per heavy atom. The average Bonchev–Trinajstić information content (AvgIpc) is 2.47. The third-order valence-corrected chi connectivity index (χ3v) is 3.30. The average molecular weight is 305 g/mol. The Bertz CT molecular complexity index is 655. The Balaban J connectivity index is 2.47. The molecule has 0 saturated heterocycles.